The summed E-state index contributed by atoms with van der Waals surface area (Å²) in [5, 5.41) is 2.49. The fourth-order valence-corrected chi connectivity index (χ4v) is 17.3. The van der Waals surface area contributed by atoms with Crippen molar-refractivity contribution in [3.8, 4) is 0 Å². The standard InChI is InChI=1S/C21H43GeO2Si2/c1-17-15-21(20(4,5)6,24-26(10,11)12)22(16-18(17)2)14-13-19(3)23-25(7,8)9/h13H,14-16H2,1-12H3/b19-13-/t21-/m1/s1. The Morgan fingerprint density at radius 1 is 1.04 bits per heavy atom. The molecule has 2 nitrogen and oxygen atoms in total. The van der Waals surface area contributed by atoms with Gasteiger partial charge in [-0.25, -0.2) is 0 Å². The van der Waals surface area contributed by atoms with Crippen LogP contribution in [0.15, 0.2) is 23.0 Å². The van der Waals surface area contributed by atoms with E-state index in [1.807, 2.05) is 0 Å². The van der Waals surface area contributed by atoms with Gasteiger partial charge >= 0.3 is 170 Å². The van der Waals surface area contributed by atoms with Crippen LogP contribution >= 0.6 is 0 Å². The Morgan fingerprint density at radius 2 is 1.58 bits per heavy atom. The van der Waals surface area contributed by atoms with Crippen LogP contribution in [0.2, 0.25) is 49.8 Å². The molecule has 1 aliphatic heterocycles. The molecule has 1 rings (SSSR count). The van der Waals surface area contributed by atoms with Crippen molar-refractivity contribution in [1.82, 2.24) is 0 Å². The van der Waals surface area contributed by atoms with E-state index < -0.39 is 31.0 Å². The van der Waals surface area contributed by atoms with E-state index in [1.165, 1.54) is 10.5 Å². The summed E-state index contributed by atoms with van der Waals surface area (Å²) in [5.74, 6) is 1.13. The molecule has 0 fully saturated rings. The third-order valence-electron chi connectivity index (χ3n) is 5.09. The van der Waals surface area contributed by atoms with Gasteiger partial charge < -0.3 is 0 Å². The van der Waals surface area contributed by atoms with Crippen molar-refractivity contribution in [2.75, 3.05) is 0 Å². The number of allylic oxidation sites excluding steroid dienone is 3. The van der Waals surface area contributed by atoms with E-state index in [4.69, 9.17) is 8.85 Å². The Kier molecular flexibility index (Phi) is 7.74. The van der Waals surface area contributed by atoms with Crippen LogP contribution < -0.4 is 0 Å². The van der Waals surface area contributed by atoms with Gasteiger partial charge in [0, 0.05) is 0 Å². The van der Waals surface area contributed by atoms with Crippen LogP contribution in [-0.2, 0) is 8.85 Å². The SMILES string of the molecule is CC1=C(C)C[C@@](O[Si](C)(C)C)(C(C)(C)C)[Ge]([CH2]/C=C(/C)O[Si](C)(C)C)[CH2]1. The molecule has 1 atom stereocenters. The monoisotopic (exact) mass is 457 g/mol. The van der Waals surface area contributed by atoms with Crippen molar-refractivity contribution in [2.24, 2.45) is 5.41 Å². The third kappa shape index (κ3) is 6.68. The van der Waals surface area contributed by atoms with Crippen molar-refractivity contribution in [1.29, 1.82) is 0 Å². The van der Waals surface area contributed by atoms with Crippen LogP contribution in [0.25, 0.3) is 0 Å². The van der Waals surface area contributed by atoms with Crippen molar-refractivity contribution in [2.45, 2.75) is 102 Å². The molecule has 0 saturated heterocycles. The van der Waals surface area contributed by atoms with Gasteiger partial charge in [0.2, 0.25) is 0 Å². The van der Waals surface area contributed by atoms with Crippen LogP contribution in [0, 0.1) is 5.41 Å². The average molecular weight is 456 g/mol. The van der Waals surface area contributed by atoms with Gasteiger partial charge in [-0.15, -0.1) is 0 Å². The summed E-state index contributed by atoms with van der Waals surface area (Å²) < 4.78 is 13.4. The van der Waals surface area contributed by atoms with Gasteiger partial charge in [-0.3, -0.25) is 0 Å². The molecule has 0 aliphatic carbocycles. The number of hydrogen-bond acceptors (Lipinski definition) is 2. The summed E-state index contributed by atoms with van der Waals surface area (Å²) in [6.45, 7) is 27.9. The van der Waals surface area contributed by atoms with E-state index in [1.54, 1.807) is 11.1 Å². The van der Waals surface area contributed by atoms with Crippen molar-refractivity contribution >= 4 is 31.0 Å². The van der Waals surface area contributed by atoms with Gasteiger partial charge in [-0.1, -0.05) is 0 Å². The topological polar surface area (TPSA) is 18.5 Å². The van der Waals surface area contributed by atoms with Gasteiger partial charge in [0.05, 0.1) is 0 Å². The normalized spacial score (nSPS) is 24.2. The summed E-state index contributed by atoms with van der Waals surface area (Å²) in [4.78, 5) is 0. The van der Waals surface area contributed by atoms with E-state index in [9.17, 15) is 0 Å². The maximum absolute atomic E-state index is 7.11. The second kappa shape index (κ2) is 8.30. The first-order valence-corrected chi connectivity index (χ1v) is 20.9. The van der Waals surface area contributed by atoms with Crippen LogP contribution in [0.5, 0.6) is 0 Å². The van der Waals surface area contributed by atoms with Gasteiger partial charge in [0.1, 0.15) is 0 Å². The zero-order valence-corrected chi connectivity index (χ0v) is 23.6. The van der Waals surface area contributed by atoms with Crippen LogP contribution in [0.3, 0.4) is 0 Å². The molecule has 0 unspecified atom stereocenters. The molecule has 0 aromatic carbocycles. The molecule has 0 saturated carbocycles. The zero-order valence-electron chi connectivity index (χ0n) is 19.5. The van der Waals surface area contributed by atoms with Gasteiger partial charge in [0.25, 0.3) is 0 Å². The summed E-state index contributed by atoms with van der Waals surface area (Å²) in [6.07, 6.45) is 3.53. The molecule has 1 aliphatic rings. The van der Waals surface area contributed by atoms with Crippen LogP contribution in [-0.4, -0.2) is 35.4 Å². The maximum atomic E-state index is 7.11. The first-order chi connectivity index (χ1) is 11.5. The molecule has 26 heavy (non-hydrogen) atoms. The second-order valence-corrected chi connectivity index (χ2v) is 25.7. The van der Waals surface area contributed by atoms with Gasteiger partial charge in [-0.2, -0.15) is 0 Å². The molecular formula is C21H43GeO2Si2. The Bertz CT molecular complexity index is 562. The van der Waals surface area contributed by atoms with Gasteiger partial charge in [-0.05, 0) is 0 Å². The first kappa shape index (κ1) is 24.3. The van der Waals surface area contributed by atoms with Crippen LogP contribution in [0.1, 0.15) is 48.0 Å². The number of hydrogen-bond donors (Lipinski definition) is 0. The average Bonchev–Trinajstić information content (AvgIpc) is 2.36. The van der Waals surface area contributed by atoms with E-state index in [-0.39, 0.29) is 9.85 Å². The Labute approximate surface area is 170 Å². The summed E-state index contributed by atoms with van der Waals surface area (Å²) in [7, 11) is -3.17. The molecule has 0 aromatic heterocycles. The fraction of sp³-hybridized carbons (Fsp3) is 0.810. The summed E-state index contributed by atoms with van der Waals surface area (Å²) in [6, 6.07) is 0. The summed E-state index contributed by atoms with van der Waals surface area (Å²) in [5.41, 5.74) is 3.36. The van der Waals surface area contributed by atoms with E-state index in [0.29, 0.717) is 0 Å². The second-order valence-electron chi connectivity index (χ2n) is 11.0. The molecule has 1 heterocycles. The van der Waals surface area contributed by atoms with Crippen molar-refractivity contribution in [3.63, 3.8) is 0 Å². The molecule has 0 spiro atoms. The molecule has 0 amide bonds. The third-order valence-corrected chi connectivity index (χ3v) is 15.4. The Morgan fingerprint density at radius 3 is 2.00 bits per heavy atom. The van der Waals surface area contributed by atoms with Crippen molar-refractivity contribution < 1.29 is 8.85 Å². The van der Waals surface area contributed by atoms with Gasteiger partial charge in [0.15, 0.2) is 0 Å². The predicted octanol–water partition coefficient (Wildman–Crippen LogP) is 7.15. The van der Waals surface area contributed by atoms with E-state index in [0.717, 1.165) is 12.2 Å². The molecule has 151 valence electrons. The summed E-state index contributed by atoms with van der Waals surface area (Å²) >= 11 is -1.55. The predicted molar refractivity (Wildman–Crippen MR) is 123 cm³/mol. The van der Waals surface area contributed by atoms with Crippen LogP contribution in [0.4, 0.5) is 0 Å². The van der Waals surface area contributed by atoms with E-state index >= 15 is 0 Å². The zero-order chi connectivity index (χ0) is 20.6. The van der Waals surface area contributed by atoms with Crippen molar-refractivity contribution in [3.05, 3.63) is 23.0 Å². The Balaban J connectivity index is 3.27. The Hall–Kier alpha value is 0.217. The minimum absolute atomic E-state index is 0.0665. The molecule has 5 heteroatoms. The molecule has 1 radical (unpaired) electrons. The minimum atomic E-state index is -1.64. The molecule has 0 bridgehead atoms. The molecule has 0 aromatic rings. The molecular weight excluding hydrogens is 413 g/mol. The fourth-order valence-electron chi connectivity index (χ4n) is 3.87. The number of rotatable bonds is 6. The quantitative estimate of drug-likeness (QED) is 0.240. The molecule has 0 N–H and O–H groups in total. The van der Waals surface area contributed by atoms with E-state index in [2.05, 4.69) is 86.9 Å². The first-order valence-electron chi connectivity index (χ1n) is 10.0.